The van der Waals surface area contributed by atoms with E-state index in [1.54, 1.807) is 0 Å². The third kappa shape index (κ3) is 4.59. The number of amides is 2. The fourth-order valence-electron chi connectivity index (χ4n) is 4.21. The van der Waals surface area contributed by atoms with Gasteiger partial charge in [0.05, 0.1) is 17.4 Å². The Hall–Kier alpha value is -3.32. The summed E-state index contributed by atoms with van der Waals surface area (Å²) in [6.07, 6.45) is 0.0614. The Morgan fingerprint density at radius 1 is 0.848 bits per heavy atom. The van der Waals surface area contributed by atoms with E-state index < -0.39 is 0 Å². The molecule has 0 aromatic heterocycles. The van der Waals surface area contributed by atoms with Crippen LogP contribution in [0.15, 0.2) is 54.2 Å². The van der Waals surface area contributed by atoms with Crippen molar-refractivity contribution < 1.29 is 14.3 Å². The number of carbonyl (C=O) groups is 2. The van der Waals surface area contributed by atoms with Gasteiger partial charge in [0, 0.05) is 46.0 Å². The monoisotopic (exact) mass is 448 g/mol. The summed E-state index contributed by atoms with van der Waals surface area (Å²) in [5, 5.41) is 0. The predicted octanol–water partition coefficient (Wildman–Crippen LogP) is 3.07. The highest BCUT2D eigenvalue weighted by atomic mass is 16.5. The molecule has 0 bridgehead atoms. The molecule has 1 saturated heterocycles. The maximum Gasteiger partial charge on any atom is 0.282 e. The molecule has 2 aromatic carbocycles. The van der Waals surface area contributed by atoms with Crippen LogP contribution >= 0.6 is 0 Å². The van der Waals surface area contributed by atoms with E-state index in [1.165, 1.54) is 4.90 Å². The molecule has 2 aliphatic heterocycles. The second-order valence-corrected chi connectivity index (χ2v) is 9.06. The van der Waals surface area contributed by atoms with Crippen molar-refractivity contribution in [3.8, 4) is 5.75 Å². The number of hydrogen-bond acceptors (Lipinski definition) is 6. The Labute approximate surface area is 195 Å². The Bertz CT molecular complexity index is 1050. The van der Waals surface area contributed by atoms with Crippen LogP contribution in [-0.4, -0.2) is 75.0 Å². The minimum atomic E-state index is -0.288. The number of benzene rings is 2. The Morgan fingerprint density at radius 3 is 2.00 bits per heavy atom. The molecule has 0 aliphatic carbocycles. The molecule has 174 valence electrons. The zero-order valence-corrected chi connectivity index (χ0v) is 20.0. The number of nitrogens with zero attached hydrogens (tertiary/aromatic N) is 4. The SMILES string of the molecule is CC(C)Oc1ccc(C2=C(N3CCN(C)CC3)C(=O)N(c3ccc(N(C)C)cc3)C2=O)cc1. The van der Waals surface area contributed by atoms with Crippen molar-refractivity contribution in [3.05, 3.63) is 59.8 Å². The van der Waals surface area contributed by atoms with Crippen LogP contribution in [0, 0.1) is 0 Å². The summed E-state index contributed by atoms with van der Waals surface area (Å²) >= 11 is 0. The van der Waals surface area contributed by atoms with Crippen LogP contribution < -0.4 is 14.5 Å². The van der Waals surface area contributed by atoms with E-state index in [0.29, 0.717) is 30.0 Å². The minimum absolute atomic E-state index is 0.0614. The molecule has 1 fully saturated rings. The van der Waals surface area contributed by atoms with E-state index >= 15 is 0 Å². The lowest BCUT2D eigenvalue weighted by molar-refractivity contribution is -0.120. The van der Waals surface area contributed by atoms with Gasteiger partial charge in [0.15, 0.2) is 0 Å². The number of rotatable bonds is 6. The summed E-state index contributed by atoms with van der Waals surface area (Å²) < 4.78 is 5.76. The highest BCUT2D eigenvalue weighted by Crippen LogP contribution is 2.36. The lowest BCUT2D eigenvalue weighted by Crippen LogP contribution is -2.46. The molecule has 2 aromatic rings. The van der Waals surface area contributed by atoms with Gasteiger partial charge in [-0.05, 0) is 62.9 Å². The minimum Gasteiger partial charge on any atom is -0.491 e. The first kappa shape index (κ1) is 22.9. The average molecular weight is 449 g/mol. The van der Waals surface area contributed by atoms with E-state index in [4.69, 9.17) is 4.74 Å². The summed E-state index contributed by atoms with van der Waals surface area (Å²) in [5.41, 5.74) is 3.26. The van der Waals surface area contributed by atoms with Crippen molar-refractivity contribution in [2.45, 2.75) is 20.0 Å². The molecule has 33 heavy (non-hydrogen) atoms. The summed E-state index contributed by atoms with van der Waals surface area (Å²) in [7, 11) is 5.98. The van der Waals surface area contributed by atoms with E-state index in [9.17, 15) is 9.59 Å². The van der Waals surface area contributed by atoms with Gasteiger partial charge in [-0.25, -0.2) is 4.90 Å². The highest BCUT2D eigenvalue weighted by Gasteiger charge is 2.42. The Balaban J connectivity index is 1.73. The van der Waals surface area contributed by atoms with E-state index in [0.717, 1.165) is 30.1 Å². The molecule has 0 atom stereocenters. The number of carbonyl (C=O) groups excluding carboxylic acids is 2. The molecular formula is C26H32N4O3. The zero-order chi connectivity index (χ0) is 23.7. The molecule has 7 nitrogen and oxygen atoms in total. The van der Waals surface area contributed by atoms with Gasteiger partial charge >= 0.3 is 0 Å². The van der Waals surface area contributed by atoms with Crippen LogP contribution in [-0.2, 0) is 9.59 Å². The van der Waals surface area contributed by atoms with Gasteiger partial charge in [-0.3, -0.25) is 9.59 Å². The lowest BCUT2D eigenvalue weighted by atomic mass is 10.0. The standard InChI is InChI=1S/C26H32N4O3/c1-18(2)33-22-12-6-19(7-13-22)23-24(29-16-14-28(5)15-17-29)26(32)30(25(23)31)21-10-8-20(9-11-21)27(3)4/h6-13,18H,14-17H2,1-5H3. The van der Waals surface area contributed by atoms with Crippen LogP contribution in [0.5, 0.6) is 5.75 Å². The fraction of sp³-hybridized carbons (Fsp3) is 0.385. The van der Waals surface area contributed by atoms with Crippen molar-refractivity contribution in [1.29, 1.82) is 0 Å². The second-order valence-electron chi connectivity index (χ2n) is 9.06. The summed E-state index contributed by atoms with van der Waals surface area (Å²) in [5.74, 6) is 0.187. The molecular weight excluding hydrogens is 416 g/mol. The molecule has 0 unspecified atom stereocenters. The quantitative estimate of drug-likeness (QED) is 0.633. The molecule has 0 spiro atoms. The van der Waals surface area contributed by atoms with Crippen LogP contribution in [0.1, 0.15) is 19.4 Å². The van der Waals surface area contributed by atoms with Crippen molar-refractivity contribution in [2.75, 3.05) is 57.1 Å². The molecule has 4 rings (SSSR count). The highest BCUT2D eigenvalue weighted by molar-refractivity contribution is 6.45. The van der Waals surface area contributed by atoms with Gasteiger partial charge < -0.3 is 19.4 Å². The van der Waals surface area contributed by atoms with E-state index in [-0.39, 0.29) is 17.9 Å². The van der Waals surface area contributed by atoms with Crippen LogP contribution in [0.4, 0.5) is 11.4 Å². The van der Waals surface area contributed by atoms with Gasteiger partial charge in [0.25, 0.3) is 11.8 Å². The molecule has 2 aliphatic rings. The largest absolute Gasteiger partial charge is 0.491 e. The maximum absolute atomic E-state index is 13.7. The Kier molecular flexibility index (Phi) is 6.42. The van der Waals surface area contributed by atoms with Gasteiger partial charge in [-0.2, -0.15) is 0 Å². The van der Waals surface area contributed by atoms with E-state index in [1.807, 2.05) is 81.4 Å². The summed E-state index contributed by atoms with van der Waals surface area (Å²) in [6.45, 7) is 7.04. The zero-order valence-electron chi connectivity index (χ0n) is 20.0. The fourth-order valence-corrected chi connectivity index (χ4v) is 4.21. The summed E-state index contributed by atoms with van der Waals surface area (Å²) in [4.78, 5) is 34.9. The third-order valence-corrected chi connectivity index (χ3v) is 6.02. The number of hydrogen-bond donors (Lipinski definition) is 0. The molecule has 0 N–H and O–H groups in total. The van der Waals surface area contributed by atoms with Gasteiger partial charge in [0.2, 0.25) is 0 Å². The first-order chi connectivity index (χ1) is 15.8. The predicted molar refractivity (Wildman–Crippen MR) is 131 cm³/mol. The van der Waals surface area contributed by atoms with Crippen molar-refractivity contribution in [3.63, 3.8) is 0 Å². The molecule has 7 heteroatoms. The first-order valence-corrected chi connectivity index (χ1v) is 11.4. The number of piperazine rings is 1. The average Bonchev–Trinajstić information content (AvgIpc) is 3.04. The van der Waals surface area contributed by atoms with Crippen molar-refractivity contribution >= 4 is 28.8 Å². The van der Waals surface area contributed by atoms with Crippen LogP contribution in [0.25, 0.3) is 5.57 Å². The topological polar surface area (TPSA) is 56.3 Å². The van der Waals surface area contributed by atoms with Gasteiger partial charge in [0.1, 0.15) is 11.4 Å². The molecule has 2 heterocycles. The molecule has 2 amide bonds. The molecule has 0 saturated carbocycles. The summed E-state index contributed by atoms with van der Waals surface area (Å²) in [6, 6.07) is 14.9. The third-order valence-electron chi connectivity index (χ3n) is 6.02. The van der Waals surface area contributed by atoms with E-state index in [2.05, 4.69) is 16.8 Å². The second kappa shape index (κ2) is 9.27. The first-order valence-electron chi connectivity index (χ1n) is 11.4. The number of imide groups is 1. The Morgan fingerprint density at radius 2 is 1.45 bits per heavy atom. The number of likely N-dealkylation sites (N-methyl/N-ethyl adjacent to an activating group) is 1. The van der Waals surface area contributed by atoms with Crippen LogP contribution in [0.3, 0.4) is 0 Å². The van der Waals surface area contributed by atoms with Gasteiger partial charge in [-0.1, -0.05) is 12.1 Å². The number of anilines is 2. The lowest BCUT2D eigenvalue weighted by Gasteiger charge is -2.34. The molecule has 0 radical (unpaired) electrons. The van der Waals surface area contributed by atoms with Crippen LogP contribution in [0.2, 0.25) is 0 Å². The maximum atomic E-state index is 13.7. The van der Waals surface area contributed by atoms with Gasteiger partial charge in [-0.15, -0.1) is 0 Å². The smallest absolute Gasteiger partial charge is 0.282 e. The normalized spacial score (nSPS) is 17.4. The number of ether oxygens (including phenoxy) is 1. The van der Waals surface area contributed by atoms with Crippen molar-refractivity contribution in [1.82, 2.24) is 9.80 Å². The van der Waals surface area contributed by atoms with Crippen molar-refractivity contribution in [2.24, 2.45) is 0 Å².